The van der Waals surface area contributed by atoms with E-state index in [0.29, 0.717) is 18.8 Å². The van der Waals surface area contributed by atoms with Gasteiger partial charge in [-0.1, -0.05) is 0 Å². The molecule has 1 aliphatic rings. The summed E-state index contributed by atoms with van der Waals surface area (Å²) in [6.07, 6.45) is 2.19. The molecule has 2 unspecified atom stereocenters. The van der Waals surface area contributed by atoms with Crippen LogP contribution < -0.4 is 0 Å². The number of nitrogens with zero attached hydrogens (tertiary/aromatic N) is 1. The zero-order valence-corrected chi connectivity index (χ0v) is 9.05. The van der Waals surface area contributed by atoms with Crippen molar-refractivity contribution >= 4 is 15.8 Å². The minimum absolute atomic E-state index is 0.0925. The monoisotopic (exact) mass is 220 g/mol. The quantitative estimate of drug-likeness (QED) is 0.730. The number of rotatable bonds is 2. The van der Waals surface area contributed by atoms with E-state index in [1.165, 1.54) is 11.2 Å². The average molecular weight is 220 g/mol. The van der Waals surface area contributed by atoms with Crippen LogP contribution in [0.5, 0.6) is 0 Å². The molecule has 0 radical (unpaired) electrons. The first-order valence-electron chi connectivity index (χ1n) is 4.58. The van der Waals surface area contributed by atoms with Crippen molar-refractivity contribution in [1.82, 2.24) is 4.90 Å². The number of carboxylic acid groups (broad SMARTS) is 1. The summed E-state index contributed by atoms with van der Waals surface area (Å²) in [6, 6.07) is 0. The first-order chi connectivity index (χ1) is 6.38. The van der Waals surface area contributed by atoms with Crippen LogP contribution in [0.4, 0.5) is 4.79 Å². The second-order valence-corrected chi connectivity index (χ2v) is 6.25. The maximum Gasteiger partial charge on any atom is 0.407 e. The molecule has 0 aromatic carbocycles. The number of carbonyl (C=O) groups is 1. The first-order valence-corrected chi connectivity index (χ1v) is 6.71. The van der Waals surface area contributed by atoms with Crippen LogP contribution in [0.2, 0.25) is 0 Å². The molecule has 0 saturated carbocycles. The van der Waals surface area contributed by atoms with Gasteiger partial charge in [-0.3, -0.25) is 8.99 Å². The molecule has 1 rings (SSSR count). The molecule has 2 atom stereocenters. The van der Waals surface area contributed by atoms with Crippen molar-refractivity contribution < 1.29 is 14.1 Å². The summed E-state index contributed by atoms with van der Waals surface area (Å²) in [4.78, 5) is 12.0. The van der Waals surface area contributed by atoms with E-state index in [4.69, 9.17) is 9.89 Å². The van der Waals surface area contributed by atoms with E-state index in [2.05, 4.69) is 0 Å². The van der Waals surface area contributed by atoms with Gasteiger partial charge in [-0.25, -0.2) is 4.79 Å². The zero-order valence-electron chi connectivity index (χ0n) is 8.23. The normalized spacial score (nSPS) is 26.9. The van der Waals surface area contributed by atoms with E-state index in [1.54, 1.807) is 0 Å². The van der Waals surface area contributed by atoms with Crippen molar-refractivity contribution in [2.75, 3.05) is 25.1 Å². The maximum atomic E-state index is 11.2. The highest BCUT2D eigenvalue weighted by Crippen LogP contribution is 2.18. The van der Waals surface area contributed by atoms with Crippen LogP contribution in [0.15, 0.2) is 0 Å². The molecule has 5 nitrogen and oxygen atoms in total. The number of hydrogen-bond acceptors (Lipinski definition) is 3. The van der Waals surface area contributed by atoms with Crippen molar-refractivity contribution in [3.8, 4) is 0 Å². The lowest BCUT2D eigenvalue weighted by Crippen LogP contribution is -2.40. The van der Waals surface area contributed by atoms with Crippen molar-refractivity contribution in [1.29, 1.82) is 4.78 Å². The Morgan fingerprint density at radius 3 is 2.86 bits per heavy atom. The molecule has 0 aromatic heterocycles. The van der Waals surface area contributed by atoms with Gasteiger partial charge in [0, 0.05) is 34.8 Å². The van der Waals surface area contributed by atoms with Crippen LogP contribution in [0, 0.1) is 10.7 Å². The van der Waals surface area contributed by atoms with Crippen LogP contribution in [0.3, 0.4) is 0 Å². The van der Waals surface area contributed by atoms with Gasteiger partial charge in [0.15, 0.2) is 0 Å². The number of amides is 1. The van der Waals surface area contributed by atoms with Crippen LogP contribution in [0.25, 0.3) is 0 Å². The molecule has 1 heterocycles. The molecular formula is C8H16N2O3S. The van der Waals surface area contributed by atoms with Gasteiger partial charge in [-0.2, -0.15) is 0 Å². The highest BCUT2D eigenvalue weighted by atomic mass is 32.2. The van der Waals surface area contributed by atoms with E-state index in [0.717, 1.165) is 12.8 Å². The topological polar surface area (TPSA) is 81.5 Å². The number of hydrogen-bond donors (Lipinski definition) is 2. The highest BCUT2D eigenvalue weighted by Gasteiger charge is 2.24. The van der Waals surface area contributed by atoms with Gasteiger partial charge < -0.3 is 10.0 Å². The van der Waals surface area contributed by atoms with Crippen molar-refractivity contribution in [3.05, 3.63) is 0 Å². The Hall–Kier alpha value is -0.780. The lowest BCUT2D eigenvalue weighted by molar-refractivity contribution is 0.123. The molecule has 0 bridgehead atoms. The van der Waals surface area contributed by atoms with E-state index in [1.807, 2.05) is 0 Å². The fourth-order valence-corrected chi connectivity index (χ4v) is 3.00. The number of piperidine rings is 1. The smallest absolute Gasteiger partial charge is 0.407 e. The largest absolute Gasteiger partial charge is 0.465 e. The molecule has 0 aliphatic carbocycles. The molecule has 1 aliphatic heterocycles. The molecule has 6 heteroatoms. The fourth-order valence-electron chi connectivity index (χ4n) is 1.82. The predicted octanol–water partition coefficient (Wildman–Crippen LogP) is 1.05. The van der Waals surface area contributed by atoms with Crippen molar-refractivity contribution in [3.63, 3.8) is 0 Å². The summed E-state index contributed by atoms with van der Waals surface area (Å²) in [5.74, 6) is 0.409. The van der Waals surface area contributed by atoms with Crippen LogP contribution in [-0.2, 0) is 9.73 Å². The van der Waals surface area contributed by atoms with Crippen molar-refractivity contribution in [2.45, 2.75) is 12.8 Å². The molecule has 14 heavy (non-hydrogen) atoms. The minimum atomic E-state index is -2.49. The van der Waals surface area contributed by atoms with Gasteiger partial charge in [-0.15, -0.1) is 0 Å². The Bertz CT molecular complexity index is 313. The van der Waals surface area contributed by atoms with Gasteiger partial charge in [0.2, 0.25) is 0 Å². The fraction of sp³-hybridized carbons (Fsp3) is 0.875. The summed E-state index contributed by atoms with van der Waals surface area (Å²) in [5, 5.41) is 8.76. The first kappa shape index (κ1) is 11.3. The van der Waals surface area contributed by atoms with E-state index in [9.17, 15) is 9.00 Å². The van der Waals surface area contributed by atoms with Crippen LogP contribution >= 0.6 is 0 Å². The summed E-state index contributed by atoms with van der Waals surface area (Å²) in [6.45, 7) is 0.994. The van der Waals surface area contributed by atoms with Crippen LogP contribution in [0.1, 0.15) is 12.8 Å². The molecule has 0 spiro atoms. The molecule has 0 aromatic rings. The Kier molecular flexibility index (Phi) is 3.36. The summed E-state index contributed by atoms with van der Waals surface area (Å²) < 4.78 is 18.5. The Morgan fingerprint density at radius 1 is 1.71 bits per heavy atom. The second kappa shape index (κ2) is 4.16. The van der Waals surface area contributed by atoms with Gasteiger partial charge in [0.1, 0.15) is 0 Å². The number of nitrogens with one attached hydrogen (secondary N) is 1. The van der Waals surface area contributed by atoms with E-state index < -0.39 is 15.8 Å². The molecule has 1 fully saturated rings. The van der Waals surface area contributed by atoms with Gasteiger partial charge >= 0.3 is 6.09 Å². The molecule has 1 saturated heterocycles. The Morgan fingerprint density at radius 2 is 2.36 bits per heavy atom. The second-order valence-electron chi connectivity index (χ2n) is 3.91. The van der Waals surface area contributed by atoms with Gasteiger partial charge in [0.05, 0.1) is 0 Å². The standard InChI is InChI=1S/C8H16N2O3S/c1-14(9,13)6-7-3-2-4-10(5-7)8(11)12/h7,9H,2-6H2,1H3,(H,11,12). The van der Waals surface area contributed by atoms with Gasteiger partial charge in [-0.05, 0) is 18.8 Å². The zero-order chi connectivity index (χ0) is 10.8. The summed E-state index contributed by atoms with van der Waals surface area (Å²) in [5.41, 5.74) is 0. The summed E-state index contributed by atoms with van der Waals surface area (Å²) in [7, 11) is -2.49. The molecular weight excluding hydrogens is 204 g/mol. The van der Waals surface area contributed by atoms with E-state index >= 15 is 0 Å². The van der Waals surface area contributed by atoms with E-state index in [-0.39, 0.29) is 5.92 Å². The van der Waals surface area contributed by atoms with Gasteiger partial charge in [0.25, 0.3) is 0 Å². The lowest BCUT2D eigenvalue weighted by Gasteiger charge is -2.30. The Labute approximate surface area is 84.1 Å². The average Bonchev–Trinajstić information content (AvgIpc) is 2.01. The minimum Gasteiger partial charge on any atom is -0.465 e. The maximum absolute atomic E-state index is 11.2. The SMILES string of the molecule is CS(=N)(=O)CC1CCCN(C(=O)O)C1. The van der Waals surface area contributed by atoms with Crippen molar-refractivity contribution in [2.24, 2.45) is 5.92 Å². The highest BCUT2D eigenvalue weighted by molar-refractivity contribution is 7.91. The third-order valence-electron chi connectivity index (χ3n) is 2.34. The van der Waals surface area contributed by atoms with Crippen LogP contribution in [-0.4, -0.2) is 45.4 Å². The Balaban J connectivity index is 2.52. The summed E-state index contributed by atoms with van der Waals surface area (Å²) >= 11 is 0. The lowest BCUT2D eigenvalue weighted by atomic mass is 10.0. The third kappa shape index (κ3) is 3.53. The molecule has 2 N–H and O–H groups in total. The predicted molar refractivity (Wildman–Crippen MR) is 54.0 cm³/mol. The third-order valence-corrected chi connectivity index (χ3v) is 3.45. The molecule has 1 amide bonds. The number of likely N-dealkylation sites (tertiary alicyclic amines) is 1. The molecule has 82 valence electrons.